The van der Waals surface area contributed by atoms with E-state index in [2.05, 4.69) is 21.7 Å². The molecule has 1 aliphatic rings. The second-order valence-corrected chi connectivity index (χ2v) is 6.22. The standard InChI is InChI=1S/C13H20N2O2S/c1-13(2,3)17-12(16)15-7-5-14(6-8-15)11-4-9-18-10-11/h4,9-10H,5-8H2,1-3H3. The van der Waals surface area contributed by atoms with Crippen LogP contribution < -0.4 is 4.90 Å². The Morgan fingerprint density at radius 1 is 1.28 bits per heavy atom. The first-order chi connectivity index (χ1) is 8.46. The summed E-state index contributed by atoms with van der Waals surface area (Å²) in [5.41, 5.74) is 0.838. The highest BCUT2D eigenvalue weighted by Gasteiger charge is 2.25. The van der Waals surface area contributed by atoms with Crippen molar-refractivity contribution in [3.8, 4) is 0 Å². The van der Waals surface area contributed by atoms with Gasteiger partial charge in [-0.15, -0.1) is 0 Å². The number of hydrogen-bond acceptors (Lipinski definition) is 4. The minimum Gasteiger partial charge on any atom is -0.444 e. The van der Waals surface area contributed by atoms with Gasteiger partial charge in [0.25, 0.3) is 0 Å². The van der Waals surface area contributed by atoms with Crippen molar-refractivity contribution < 1.29 is 9.53 Å². The molecular weight excluding hydrogens is 248 g/mol. The highest BCUT2D eigenvalue weighted by Crippen LogP contribution is 2.20. The predicted octanol–water partition coefficient (Wildman–Crippen LogP) is 2.81. The number of amides is 1. The van der Waals surface area contributed by atoms with E-state index in [-0.39, 0.29) is 6.09 Å². The molecule has 1 aliphatic heterocycles. The molecule has 0 radical (unpaired) electrons. The number of ether oxygens (including phenoxy) is 1. The minimum atomic E-state index is -0.415. The van der Waals surface area contributed by atoms with Gasteiger partial charge in [0.15, 0.2) is 0 Å². The molecule has 0 bridgehead atoms. The van der Waals surface area contributed by atoms with Crippen molar-refractivity contribution in [2.24, 2.45) is 0 Å². The average molecular weight is 268 g/mol. The topological polar surface area (TPSA) is 32.8 Å². The van der Waals surface area contributed by atoms with Gasteiger partial charge in [-0.05, 0) is 32.2 Å². The second kappa shape index (κ2) is 5.18. The molecule has 5 heteroatoms. The molecule has 0 aliphatic carbocycles. The van der Waals surface area contributed by atoms with Crippen molar-refractivity contribution in [2.45, 2.75) is 26.4 Å². The van der Waals surface area contributed by atoms with Crippen molar-refractivity contribution in [3.05, 3.63) is 16.8 Å². The Labute approximate surface area is 112 Å². The highest BCUT2D eigenvalue weighted by molar-refractivity contribution is 7.08. The molecule has 4 nitrogen and oxygen atoms in total. The third-order valence-corrected chi connectivity index (χ3v) is 3.47. The van der Waals surface area contributed by atoms with Gasteiger partial charge in [-0.2, -0.15) is 11.3 Å². The smallest absolute Gasteiger partial charge is 0.410 e. The van der Waals surface area contributed by atoms with E-state index < -0.39 is 5.60 Å². The molecule has 0 unspecified atom stereocenters. The quantitative estimate of drug-likeness (QED) is 0.785. The van der Waals surface area contributed by atoms with Gasteiger partial charge in [-0.25, -0.2) is 4.79 Å². The van der Waals surface area contributed by atoms with E-state index in [0.29, 0.717) is 0 Å². The van der Waals surface area contributed by atoms with Gasteiger partial charge in [0.2, 0.25) is 0 Å². The van der Waals surface area contributed by atoms with Crippen molar-refractivity contribution in [1.82, 2.24) is 4.90 Å². The fourth-order valence-electron chi connectivity index (χ4n) is 1.91. The first-order valence-electron chi connectivity index (χ1n) is 6.21. The Kier molecular flexibility index (Phi) is 3.80. The van der Waals surface area contributed by atoms with Crippen LogP contribution in [0.1, 0.15) is 20.8 Å². The van der Waals surface area contributed by atoms with E-state index >= 15 is 0 Å². The number of nitrogens with zero attached hydrogens (tertiary/aromatic N) is 2. The summed E-state index contributed by atoms with van der Waals surface area (Å²) in [6.07, 6.45) is -0.201. The van der Waals surface area contributed by atoms with Gasteiger partial charge in [-0.1, -0.05) is 0 Å². The number of hydrogen-bond donors (Lipinski definition) is 0. The van der Waals surface area contributed by atoms with Crippen LogP contribution in [0.3, 0.4) is 0 Å². The van der Waals surface area contributed by atoms with Crippen molar-refractivity contribution in [3.63, 3.8) is 0 Å². The Morgan fingerprint density at radius 2 is 1.94 bits per heavy atom. The van der Waals surface area contributed by atoms with Gasteiger partial charge in [-0.3, -0.25) is 0 Å². The lowest BCUT2D eigenvalue weighted by Crippen LogP contribution is -2.50. The van der Waals surface area contributed by atoms with Crippen LogP contribution >= 0.6 is 11.3 Å². The summed E-state index contributed by atoms with van der Waals surface area (Å²) in [5.74, 6) is 0. The fraction of sp³-hybridized carbons (Fsp3) is 0.615. The summed E-state index contributed by atoms with van der Waals surface area (Å²) in [4.78, 5) is 16.0. The van der Waals surface area contributed by atoms with Gasteiger partial charge in [0.1, 0.15) is 5.60 Å². The molecule has 0 spiro atoms. The zero-order valence-corrected chi connectivity index (χ0v) is 12.0. The van der Waals surface area contributed by atoms with Crippen LogP contribution in [0, 0.1) is 0 Å². The maximum absolute atomic E-state index is 11.9. The number of rotatable bonds is 1. The van der Waals surface area contributed by atoms with Crippen molar-refractivity contribution in [2.75, 3.05) is 31.1 Å². The molecule has 1 aromatic heterocycles. The van der Waals surface area contributed by atoms with Gasteiger partial charge < -0.3 is 14.5 Å². The average Bonchev–Trinajstić information content (AvgIpc) is 2.80. The first kappa shape index (κ1) is 13.2. The summed E-state index contributed by atoms with van der Waals surface area (Å²) >= 11 is 1.70. The van der Waals surface area contributed by atoms with Gasteiger partial charge in [0, 0.05) is 37.2 Å². The molecule has 100 valence electrons. The van der Waals surface area contributed by atoms with Crippen LogP contribution in [-0.4, -0.2) is 42.8 Å². The zero-order chi connectivity index (χ0) is 13.2. The third kappa shape index (κ3) is 3.38. The normalized spacial score (nSPS) is 16.8. The van der Waals surface area contributed by atoms with E-state index in [1.54, 1.807) is 16.2 Å². The Bertz CT molecular complexity index is 390. The number of piperazine rings is 1. The van der Waals surface area contributed by atoms with Crippen LogP contribution in [-0.2, 0) is 4.74 Å². The number of thiophene rings is 1. The summed E-state index contributed by atoms with van der Waals surface area (Å²) in [7, 11) is 0. The third-order valence-electron chi connectivity index (χ3n) is 2.80. The molecule has 0 atom stereocenters. The molecule has 2 rings (SSSR count). The van der Waals surface area contributed by atoms with Crippen LogP contribution in [0.25, 0.3) is 0 Å². The molecule has 1 amide bonds. The summed E-state index contributed by atoms with van der Waals surface area (Å²) < 4.78 is 5.37. The van der Waals surface area contributed by atoms with Gasteiger partial charge >= 0.3 is 6.09 Å². The largest absolute Gasteiger partial charge is 0.444 e. The van der Waals surface area contributed by atoms with Crippen LogP contribution in [0.4, 0.5) is 10.5 Å². The van der Waals surface area contributed by atoms with E-state index in [9.17, 15) is 4.79 Å². The Morgan fingerprint density at radius 3 is 2.44 bits per heavy atom. The maximum Gasteiger partial charge on any atom is 0.410 e. The first-order valence-corrected chi connectivity index (χ1v) is 7.15. The molecule has 2 heterocycles. The second-order valence-electron chi connectivity index (χ2n) is 5.44. The molecular formula is C13H20N2O2S. The molecule has 1 aromatic rings. The maximum atomic E-state index is 11.9. The molecule has 0 N–H and O–H groups in total. The van der Waals surface area contributed by atoms with Crippen LogP contribution in [0.5, 0.6) is 0 Å². The molecule has 0 saturated carbocycles. The summed E-state index contributed by atoms with van der Waals surface area (Å²) in [6.45, 7) is 8.88. The number of carbonyl (C=O) groups is 1. The lowest BCUT2D eigenvalue weighted by atomic mass is 10.2. The van der Waals surface area contributed by atoms with Gasteiger partial charge in [0.05, 0.1) is 0 Å². The number of anilines is 1. The zero-order valence-electron chi connectivity index (χ0n) is 11.2. The van der Waals surface area contributed by atoms with Crippen LogP contribution in [0.15, 0.2) is 16.8 Å². The fourth-order valence-corrected chi connectivity index (χ4v) is 2.57. The monoisotopic (exact) mass is 268 g/mol. The molecule has 1 fully saturated rings. The summed E-state index contributed by atoms with van der Waals surface area (Å²) in [5, 5.41) is 4.22. The lowest BCUT2D eigenvalue weighted by molar-refractivity contribution is 0.0240. The van der Waals surface area contributed by atoms with Crippen molar-refractivity contribution in [1.29, 1.82) is 0 Å². The van der Waals surface area contributed by atoms with E-state index in [1.165, 1.54) is 5.69 Å². The van der Waals surface area contributed by atoms with E-state index in [4.69, 9.17) is 4.74 Å². The molecule has 0 aromatic carbocycles. The predicted molar refractivity (Wildman–Crippen MR) is 74.3 cm³/mol. The Hall–Kier alpha value is -1.23. The van der Waals surface area contributed by atoms with Crippen molar-refractivity contribution >= 4 is 23.1 Å². The van der Waals surface area contributed by atoms with E-state index in [1.807, 2.05) is 20.8 Å². The minimum absolute atomic E-state index is 0.201. The number of carbonyl (C=O) groups excluding carboxylic acids is 1. The van der Waals surface area contributed by atoms with E-state index in [0.717, 1.165) is 26.2 Å². The molecule has 1 saturated heterocycles. The molecule has 18 heavy (non-hydrogen) atoms. The highest BCUT2D eigenvalue weighted by atomic mass is 32.1. The lowest BCUT2D eigenvalue weighted by Gasteiger charge is -2.36. The summed E-state index contributed by atoms with van der Waals surface area (Å²) in [6, 6.07) is 2.12. The SMILES string of the molecule is CC(C)(C)OC(=O)N1CCN(c2ccsc2)CC1. The van der Waals surface area contributed by atoms with Crippen LogP contribution in [0.2, 0.25) is 0 Å². The Balaban J connectivity index is 1.85.